The Labute approximate surface area is 59.4 Å². The number of methoxy groups -OCH3 is 1. The van der Waals surface area contributed by atoms with Crippen LogP contribution >= 0.6 is 0 Å². The molecule has 0 fully saturated rings. The Morgan fingerprint density at radius 1 is 1.40 bits per heavy atom. The molecule has 54 valence electrons. The highest BCUT2D eigenvalue weighted by atomic mass is 19.1. The summed E-state index contributed by atoms with van der Waals surface area (Å²) in [5.74, 6) is 0.0324. The minimum Gasteiger partial charge on any atom is -0.494 e. The number of halogens is 1. The van der Waals surface area contributed by atoms with Crippen LogP contribution in [0.4, 0.5) is 4.39 Å². The first-order valence-electron chi connectivity index (χ1n) is 3.05. The van der Waals surface area contributed by atoms with Crippen molar-refractivity contribution in [2.24, 2.45) is 0 Å². The molecule has 1 aromatic carbocycles. The zero-order valence-electron chi connectivity index (χ0n) is 6.02. The third-order valence-electron chi connectivity index (χ3n) is 1.38. The molecule has 1 aromatic rings. The summed E-state index contributed by atoms with van der Waals surface area (Å²) >= 11 is 0. The van der Waals surface area contributed by atoms with Crippen molar-refractivity contribution in [3.05, 3.63) is 29.6 Å². The maximum absolute atomic E-state index is 12.9. The Kier molecular flexibility index (Phi) is 1.90. The third-order valence-corrected chi connectivity index (χ3v) is 1.38. The molecule has 0 aromatic heterocycles. The Hall–Kier alpha value is -1.05. The van der Waals surface area contributed by atoms with Crippen LogP contribution in [0, 0.1) is 12.7 Å². The molecule has 2 heteroatoms. The molecule has 0 N–H and O–H groups in total. The molecule has 1 nitrogen and oxygen atoms in total. The number of aryl methyl sites for hydroxylation is 1. The number of rotatable bonds is 1. The fourth-order valence-electron chi connectivity index (χ4n) is 0.778. The van der Waals surface area contributed by atoms with Gasteiger partial charge in [0.05, 0.1) is 7.11 Å². The van der Waals surface area contributed by atoms with Gasteiger partial charge in [0.2, 0.25) is 0 Å². The van der Waals surface area contributed by atoms with E-state index in [1.54, 1.807) is 25.1 Å². The van der Waals surface area contributed by atoms with Crippen molar-refractivity contribution in [3.8, 4) is 5.75 Å². The van der Waals surface area contributed by atoms with E-state index in [2.05, 4.69) is 0 Å². The fourth-order valence-corrected chi connectivity index (χ4v) is 0.778. The Bertz CT molecular complexity index is 233. The molecule has 0 saturated carbocycles. The van der Waals surface area contributed by atoms with Crippen molar-refractivity contribution in [1.29, 1.82) is 0 Å². The molecule has 10 heavy (non-hydrogen) atoms. The smallest absolute Gasteiger partial charge is 0.167 e. The maximum Gasteiger partial charge on any atom is 0.167 e. The van der Waals surface area contributed by atoms with Crippen LogP contribution in [0.3, 0.4) is 0 Å². The second kappa shape index (κ2) is 2.69. The van der Waals surface area contributed by atoms with Crippen LogP contribution in [0.15, 0.2) is 18.2 Å². The third kappa shape index (κ3) is 1.10. The van der Waals surface area contributed by atoms with Gasteiger partial charge in [0, 0.05) is 0 Å². The second-order valence-corrected chi connectivity index (χ2v) is 2.09. The summed E-state index contributed by atoms with van der Waals surface area (Å²) < 4.78 is 17.6. The zero-order valence-corrected chi connectivity index (χ0v) is 6.02. The van der Waals surface area contributed by atoms with E-state index in [4.69, 9.17) is 4.74 Å². The summed E-state index contributed by atoms with van der Waals surface area (Å²) in [6, 6.07) is 5.07. The van der Waals surface area contributed by atoms with Crippen LogP contribution in [-0.2, 0) is 0 Å². The molecule has 0 aliphatic heterocycles. The molecular weight excluding hydrogens is 131 g/mol. The number of benzene rings is 1. The van der Waals surface area contributed by atoms with E-state index in [0.29, 0.717) is 11.3 Å². The standard InChI is InChI=1S/C8H9FO/c1-6-4-3-5-7(10-2)8(6)9/h3-5H,1-2H3. The van der Waals surface area contributed by atoms with Crippen LogP contribution in [0.2, 0.25) is 0 Å². The van der Waals surface area contributed by atoms with Gasteiger partial charge in [-0.05, 0) is 18.6 Å². The van der Waals surface area contributed by atoms with Crippen LogP contribution in [0.1, 0.15) is 5.56 Å². The van der Waals surface area contributed by atoms with Gasteiger partial charge in [-0.1, -0.05) is 12.1 Å². The van der Waals surface area contributed by atoms with Gasteiger partial charge in [0.25, 0.3) is 0 Å². The molecular formula is C8H9FO. The summed E-state index contributed by atoms with van der Waals surface area (Å²) in [5.41, 5.74) is 0.611. The highest BCUT2D eigenvalue weighted by molar-refractivity contribution is 5.29. The van der Waals surface area contributed by atoms with Crippen LogP contribution in [0.5, 0.6) is 5.75 Å². The van der Waals surface area contributed by atoms with Crippen molar-refractivity contribution < 1.29 is 9.13 Å². The van der Waals surface area contributed by atoms with Gasteiger partial charge in [-0.2, -0.15) is 0 Å². The van der Waals surface area contributed by atoms with Crippen molar-refractivity contribution in [1.82, 2.24) is 0 Å². The summed E-state index contributed by atoms with van der Waals surface area (Å²) in [6.07, 6.45) is 0. The first kappa shape index (κ1) is 7.06. The van der Waals surface area contributed by atoms with Crippen molar-refractivity contribution in [2.75, 3.05) is 7.11 Å². The van der Waals surface area contributed by atoms with E-state index in [1.165, 1.54) is 7.11 Å². The van der Waals surface area contributed by atoms with Crippen LogP contribution in [-0.4, -0.2) is 7.11 Å². The van der Waals surface area contributed by atoms with Crippen LogP contribution < -0.4 is 4.74 Å². The Balaban J connectivity index is 3.14. The minimum atomic E-state index is -0.273. The van der Waals surface area contributed by atoms with Crippen LogP contribution in [0.25, 0.3) is 0 Å². The van der Waals surface area contributed by atoms with E-state index >= 15 is 0 Å². The minimum absolute atomic E-state index is 0.273. The number of ether oxygens (including phenoxy) is 1. The SMILES string of the molecule is COc1cccc(C)c1F. The van der Waals surface area contributed by atoms with E-state index in [0.717, 1.165) is 0 Å². The number of hydrogen-bond acceptors (Lipinski definition) is 1. The molecule has 0 amide bonds. The molecule has 0 unspecified atom stereocenters. The monoisotopic (exact) mass is 140 g/mol. The molecule has 0 aliphatic rings. The zero-order chi connectivity index (χ0) is 7.56. The summed E-state index contributed by atoms with van der Waals surface area (Å²) in [6.45, 7) is 1.71. The van der Waals surface area contributed by atoms with Gasteiger partial charge in [0.15, 0.2) is 11.6 Å². The lowest BCUT2D eigenvalue weighted by Crippen LogP contribution is -1.89. The van der Waals surface area contributed by atoms with E-state index in [1.807, 2.05) is 0 Å². The molecule has 0 spiro atoms. The molecule has 0 aliphatic carbocycles. The van der Waals surface area contributed by atoms with Crippen molar-refractivity contribution in [2.45, 2.75) is 6.92 Å². The lowest BCUT2D eigenvalue weighted by Gasteiger charge is -2.01. The maximum atomic E-state index is 12.9. The van der Waals surface area contributed by atoms with Gasteiger partial charge in [-0.3, -0.25) is 0 Å². The largest absolute Gasteiger partial charge is 0.494 e. The van der Waals surface area contributed by atoms with E-state index < -0.39 is 0 Å². The lowest BCUT2D eigenvalue weighted by molar-refractivity contribution is 0.385. The van der Waals surface area contributed by atoms with Gasteiger partial charge in [0.1, 0.15) is 0 Å². The molecule has 0 bridgehead atoms. The average Bonchev–Trinajstić information content (AvgIpc) is 1.95. The first-order valence-corrected chi connectivity index (χ1v) is 3.05. The van der Waals surface area contributed by atoms with Gasteiger partial charge >= 0.3 is 0 Å². The second-order valence-electron chi connectivity index (χ2n) is 2.09. The fraction of sp³-hybridized carbons (Fsp3) is 0.250. The van der Waals surface area contributed by atoms with E-state index in [-0.39, 0.29) is 5.82 Å². The molecule has 1 rings (SSSR count). The number of hydrogen-bond donors (Lipinski definition) is 0. The Morgan fingerprint density at radius 3 is 2.60 bits per heavy atom. The van der Waals surface area contributed by atoms with Gasteiger partial charge in [-0.15, -0.1) is 0 Å². The first-order chi connectivity index (χ1) is 4.75. The predicted octanol–water partition coefficient (Wildman–Crippen LogP) is 2.14. The predicted molar refractivity (Wildman–Crippen MR) is 37.7 cm³/mol. The quantitative estimate of drug-likeness (QED) is 0.580. The molecule has 0 radical (unpaired) electrons. The molecule has 0 atom stereocenters. The highest BCUT2D eigenvalue weighted by Gasteiger charge is 2.02. The lowest BCUT2D eigenvalue weighted by atomic mass is 10.2. The van der Waals surface area contributed by atoms with Crippen molar-refractivity contribution >= 4 is 0 Å². The normalized spacial score (nSPS) is 9.50. The van der Waals surface area contributed by atoms with Gasteiger partial charge < -0.3 is 4.74 Å². The van der Waals surface area contributed by atoms with E-state index in [9.17, 15) is 4.39 Å². The van der Waals surface area contributed by atoms with Gasteiger partial charge in [-0.25, -0.2) is 4.39 Å². The average molecular weight is 140 g/mol. The highest BCUT2D eigenvalue weighted by Crippen LogP contribution is 2.18. The summed E-state index contributed by atoms with van der Waals surface area (Å²) in [7, 11) is 1.46. The van der Waals surface area contributed by atoms with Crippen molar-refractivity contribution in [3.63, 3.8) is 0 Å². The topological polar surface area (TPSA) is 9.23 Å². The molecule has 0 heterocycles. The summed E-state index contributed by atoms with van der Waals surface area (Å²) in [5, 5.41) is 0. The summed E-state index contributed by atoms with van der Waals surface area (Å²) in [4.78, 5) is 0. The molecule has 0 saturated heterocycles. The Morgan fingerprint density at radius 2 is 2.10 bits per heavy atom.